The molecule has 0 aliphatic carbocycles. The smallest absolute Gasteiger partial charge is 0.267 e. The first-order valence-electron chi connectivity index (χ1n) is 5.90. The van der Waals surface area contributed by atoms with Crippen molar-refractivity contribution >= 4 is 16.9 Å². The van der Waals surface area contributed by atoms with Crippen molar-refractivity contribution in [2.24, 2.45) is 5.73 Å². The maximum absolute atomic E-state index is 11.0. The summed E-state index contributed by atoms with van der Waals surface area (Å²) in [4.78, 5) is 22.4. The van der Waals surface area contributed by atoms with E-state index in [9.17, 15) is 4.79 Å². The predicted molar refractivity (Wildman–Crippen MR) is 71.7 cm³/mol. The van der Waals surface area contributed by atoms with Gasteiger partial charge in [-0.1, -0.05) is 6.07 Å². The highest BCUT2D eigenvalue weighted by atomic mass is 16.1. The molecule has 19 heavy (non-hydrogen) atoms. The summed E-state index contributed by atoms with van der Waals surface area (Å²) in [5.41, 5.74) is 8.49. The van der Waals surface area contributed by atoms with Crippen LogP contribution >= 0.6 is 0 Å². The Bertz CT molecular complexity index is 731. The molecule has 5 heteroatoms. The molecule has 1 amide bonds. The minimum absolute atomic E-state index is 0.282. The van der Waals surface area contributed by atoms with Gasteiger partial charge in [0.1, 0.15) is 11.3 Å². The summed E-state index contributed by atoms with van der Waals surface area (Å²) in [6.07, 6.45) is 6.11. The Morgan fingerprint density at radius 2 is 2.16 bits per heavy atom. The molecule has 0 aliphatic heterocycles. The van der Waals surface area contributed by atoms with Gasteiger partial charge in [0.25, 0.3) is 5.91 Å². The van der Waals surface area contributed by atoms with Gasteiger partial charge in [-0.05, 0) is 29.3 Å². The molecule has 0 radical (unpaired) electrons. The van der Waals surface area contributed by atoms with E-state index in [-0.39, 0.29) is 5.69 Å². The van der Waals surface area contributed by atoms with Gasteiger partial charge in [0.2, 0.25) is 0 Å². The molecule has 0 aliphatic rings. The maximum atomic E-state index is 11.0. The standard InChI is InChI=1S/C14H12N4O/c15-13(19)12-4-3-9(7-17-12)6-10-8-18-14-11(10)2-1-5-16-14/h1-5,7-8H,6H2,(H2,15,19)(H,16,18). The molecule has 0 aromatic carbocycles. The summed E-state index contributed by atoms with van der Waals surface area (Å²) in [5.74, 6) is -0.511. The molecule has 5 nitrogen and oxygen atoms in total. The van der Waals surface area contributed by atoms with Crippen LogP contribution in [0.5, 0.6) is 0 Å². The van der Waals surface area contributed by atoms with E-state index in [1.165, 1.54) is 0 Å². The molecule has 0 unspecified atom stereocenters. The Morgan fingerprint density at radius 1 is 1.26 bits per heavy atom. The number of amides is 1. The van der Waals surface area contributed by atoms with Crippen molar-refractivity contribution in [3.63, 3.8) is 0 Å². The van der Waals surface area contributed by atoms with E-state index in [0.717, 1.165) is 28.6 Å². The Hall–Kier alpha value is -2.69. The van der Waals surface area contributed by atoms with Crippen LogP contribution < -0.4 is 5.73 Å². The zero-order valence-corrected chi connectivity index (χ0v) is 10.1. The number of rotatable bonds is 3. The third-order valence-corrected chi connectivity index (χ3v) is 3.01. The highest BCUT2D eigenvalue weighted by molar-refractivity contribution is 5.90. The molecule has 3 aromatic rings. The molecule has 3 rings (SSSR count). The molecule has 3 heterocycles. The van der Waals surface area contributed by atoms with Crippen LogP contribution in [0.15, 0.2) is 42.9 Å². The minimum atomic E-state index is -0.511. The van der Waals surface area contributed by atoms with Crippen LogP contribution in [0.4, 0.5) is 0 Å². The van der Waals surface area contributed by atoms with Crippen molar-refractivity contribution in [3.05, 3.63) is 59.7 Å². The number of hydrogen-bond acceptors (Lipinski definition) is 3. The number of H-pyrrole nitrogens is 1. The largest absolute Gasteiger partial charge is 0.364 e. The molecule has 0 fully saturated rings. The van der Waals surface area contributed by atoms with E-state index in [4.69, 9.17) is 5.73 Å². The van der Waals surface area contributed by atoms with Gasteiger partial charge < -0.3 is 10.7 Å². The van der Waals surface area contributed by atoms with Gasteiger partial charge in [-0.25, -0.2) is 4.98 Å². The first-order valence-corrected chi connectivity index (χ1v) is 5.90. The van der Waals surface area contributed by atoms with E-state index in [1.54, 1.807) is 18.5 Å². The summed E-state index contributed by atoms with van der Waals surface area (Å²) in [6.45, 7) is 0. The lowest BCUT2D eigenvalue weighted by Gasteiger charge is -2.01. The van der Waals surface area contributed by atoms with Crippen LogP contribution in [0.1, 0.15) is 21.6 Å². The molecule has 3 aromatic heterocycles. The maximum Gasteiger partial charge on any atom is 0.267 e. The van der Waals surface area contributed by atoms with Gasteiger partial charge in [0, 0.05) is 30.4 Å². The third-order valence-electron chi connectivity index (χ3n) is 3.01. The zero-order chi connectivity index (χ0) is 13.2. The van der Waals surface area contributed by atoms with Gasteiger partial charge in [0.15, 0.2) is 0 Å². The summed E-state index contributed by atoms with van der Waals surface area (Å²) in [6, 6.07) is 7.44. The second-order valence-electron chi connectivity index (χ2n) is 4.31. The van der Waals surface area contributed by atoms with Gasteiger partial charge >= 0.3 is 0 Å². The van der Waals surface area contributed by atoms with E-state index >= 15 is 0 Å². The van der Waals surface area contributed by atoms with E-state index < -0.39 is 5.91 Å². The number of carbonyl (C=O) groups is 1. The van der Waals surface area contributed by atoms with Gasteiger partial charge in [0.05, 0.1) is 0 Å². The van der Waals surface area contributed by atoms with Gasteiger partial charge in [-0.3, -0.25) is 9.78 Å². The van der Waals surface area contributed by atoms with Crippen molar-refractivity contribution in [1.29, 1.82) is 0 Å². The first-order chi connectivity index (χ1) is 9.24. The number of fused-ring (bicyclic) bond motifs is 1. The minimum Gasteiger partial charge on any atom is -0.364 e. The molecular weight excluding hydrogens is 240 g/mol. The van der Waals surface area contributed by atoms with Crippen molar-refractivity contribution in [2.75, 3.05) is 0 Å². The normalized spacial score (nSPS) is 10.7. The third kappa shape index (κ3) is 2.18. The zero-order valence-electron chi connectivity index (χ0n) is 10.1. The van der Waals surface area contributed by atoms with Crippen LogP contribution in [-0.4, -0.2) is 20.9 Å². The number of pyridine rings is 2. The van der Waals surface area contributed by atoms with Crippen molar-refractivity contribution < 1.29 is 4.79 Å². The lowest BCUT2D eigenvalue weighted by molar-refractivity contribution is 0.0995. The summed E-state index contributed by atoms with van der Waals surface area (Å²) in [7, 11) is 0. The fourth-order valence-electron chi connectivity index (χ4n) is 2.05. The second-order valence-corrected chi connectivity index (χ2v) is 4.31. The average Bonchev–Trinajstić information content (AvgIpc) is 2.83. The second kappa shape index (κ2) is 4.53. The number of nitrogens with one attached hydrogen (secondary N) is 1. The Morgan fingerprint density at radius 3 is 2.89 bits per heavy atom. The molecule has 0 saturated heterocycles. The quantitative estimate of drug-likeness (QED) is 0.743. The number of aromatic amines is 1. The highest BCUT2D eigenvalue weighted by Gasteiger charge is 2.06. The monoisotopic (exact) mass is 252 g/mol. The van der Waals surface area contributed by atoms with E-state index in [2.05, 4.69) is 15.0 Å². The first kappa shape index (κ1) is 11.4. The molecule has 94 valence electrons. The van der Waals surface area contributed by atoms with Crippen LogP contribution in [0.2, 0.25) is 0 Å². The van der Waals surface area contributed by atoms with E-state index in [1.807, 2.05) is 24.4 Å². The Balaban J connectivity index is 1.90. The topological polar surface area (TPSA) is 84.7 Å². The SMILES string of the molecule is NC(=O)c1ccc(Cc2c[nH]c3ncccc23)cn1. The Kier molecular flexibility index (Phi) is 2.72. The number of nitrogens with two attached hydrogens (primary N) is 1. The van der Waals surface area contributed by atoms with Crippen LogP contribution in [-0.2, 0) is 6.42 Å². The molecule has 0 atom stereocenters. The van der Waals surface area contributed by atoms with Crippen molar-refractivity contribution in [2.45, 2.75) is 6.42 Å². The number of nitrogens with zero attached hydrogens (tertiary/aromatic N) is 2. The average molecular weight is 252 g/mol. The van der Waals surface area contributed by atoms with Crippen LogP contribution in [0, 0.1) is 0 Å². The number of aromatic nitrogens is 3. The number of hydrogen-bond donors (Lipinski definition) is 2. The van der Waals surface area contributed by atoms with Gasteiger partial charge in [-0.15, -0.1) is 0 Å². The van der Waals surface area contributed by atoms with E-state index in [0.29, 0.717) is 0 Å². The molecule has 0 saturated carbocycles. The highest BCUT2D eigenvalue weighted by Crippen LogP contribution is 2.18. The predicted octanol–water partition coefficient (Wildman–Crippen LogP) is 1.65. The van der Waals surface area contributed by atoms with Crippen molar-refractivity contribution in [3.8, 4) is 0 Å². The van der Waals surface area contributed by atoms with Crippen LogP contribution in [0.3, 0.4) is 0 Å². The Labute approximate surface area is 109 Å². The molecule has 0 bridgehead atoms. The fraction of sp³-hybridized carbons (Fsp3) is 0.0714. The summed E-state index contributed by atoms with van der Waals surface area (Å²) < 4.78 is 0. The summed E-state index contributed by atoms with van der Waals surface area (Å²) >= 11 is 0. The lowest BCUT2D eigenvalue weighted by Crippen LogP contribution is -2.12. The number of carbonyl (C=O) groups excluding carboxylic acids is 1. The lowest BCUT2D eigenvalue weighted by atomic mass is 10.1. The number of primary amides is 1. The van der Waals surface area contributed by atoms with Crippen LogP contribution in [0.25, 0.3) is 11.0 Å². The van der Waals surface area contributed by atoms with Crippen molar-refractivity contribution in [1.82, 2.24) is 15.0 Å². The van der Waals surface area contributed by atoms with Gasteiger partial charge in [-0.2, -0.15) is 0 Å². The fourth-order valence-corrected chi connectivity index (χ4v) is 2.05. The summed E-state index contributed by atoms with van der Waals surface area (Å²) in [5, 5.41) is 1.10. The molecule has 3 N–H and O–H groups in total. The molecular formula is C14H12N4O. The molecule has 0 spiro atoms.